The van der Waals surface area contributed by atoms with Gasteiger partial charge in [0.15, 0.2) is 0 Å². The molecule has 0 atom stereocenters. The maximum absolute atomic E-state index is 12.2. The van der Waals surface area contributed by atoms with Gasteiger partial charge in [0, 0.05) is 0 Å². The van der Waals surface area contributed by atoms with Crippen LogP contribution in [0.15, 0.2) is 23.1 Å². The van der Waals surface area contributed by atoms with Crippen LogP contribution in [0.5, 0.6) is 0 Å². The average Bonchev–Trinajstić information content (AvgIpc) is 2.44. The smallest absolute Gasteiger partial charge is 0.297 e. The molecule has 0 bridgehead atoms. The van der Waals surface area contributed by atoms with E-state index in [1.54, 1.807) is 12.1 Å². The van der Waals surface area contributed by atoms with Gasteiger partial charge in [-0.25, -0.2) is 0 Å². The van der Waals surface area contributed by atoms with Crippen LogP contribution in [0.25, 0.3) is 0 Å². The van der Waals surface area contributed by atoms with Gasteiger partial charge in [0.1, 0.15) is 0 Å². The molecular formula is C17H31NO3S. The first kappa shape index (κ1) is 21.1. The standard InChI is InChI=1S/C17H28O3S.H3N/c1-4-5-6-7-8-9-10-14-20-21(18,19)17-13-11-12-15(2)16(17)3;/h11-13H,4-10,14H2,1-3H3;1H3. The van der Waals surface area contributed by atoms with E-state index in [0.29, 0.717) is 4.90 Å². The Balaban J connectivity index is 0.00000441. The predicted molar refractivity (Wildman–Crippen MR) is 92.1 cm³/mol. The molecule has 3 N–H and O–H groups in total. The van der Waals surface area contributed by atoms with Crippen molar-refractivity contribution in [3.8, 4) is 0 Å². The van der Waals surface area contributed by atoms with Crippen molar-refractivity contribution >= 4 is 10.1 Å². The van der Waals surface area contributed by atoms with Gasteiger partial charge in [0.25, 0.3) is 10.1 Å². The maximum atomic E-state index is 12.2. The van der Waals surface area contributed by atoms with Gasteiger partial charge >= 0.3 is 0 Å². The minimum absolute atomic E-state index is 0. The molecule has 0 aliphatic carbocycles. The Kier molecular flexibility index (Phi) is 10.3. The molecule has 4 nitrogen and oxygen atoms in total. The molecule has 0 aliphatic heterocycles. The quantitative estimate of drug-likeness (QED) is 0.488. The molecule has 1 rings (SSSR count). The molecule has 0 spiro atoms. The van der Waals surface area contributed by atoms with Gasteiger partial charge in [-0.15, -0.1) is 0 Å². The van der Waals surface area contributed by atoms with Gasteiger partial charge in [0.05, 0.1) is 11.5 Å². The van der Waals surface area contributed by atoms with Crippen LogP contribution in [0.2, 0.25) is 0 Å². The Morgan fingerprint density at radius 2 is 1.55 bits per heavy atom. The summed E-state index contributed by atoms with van der Waals surface area (Å²) < 4.78 is 29.5. The Labute approximate surface area is 136 Å². The van der Waals surface area contributed by atoms with Crippen LogP contribution in [-0.2, 0) is 14.3 Å². The highest BCUT2D eigenvalue weighted by Gasteiger charge is 2.18. The lowest BCUT2D eigenvalue weighted by Crippen LogP contribution is -2.09. The first-order chi connectivity index (χ1) is 9.99. The molecule has 1 aromatic rings. The van der Waals surface area contributed by atoms with Crippen molar-refractivity contribution in [1.82, 2.24) is 6.15 Å². The normalized spacial score (nSPS) is 11.2. The van der Waals surface area contributed by atoms with Crippen LogP contribution < -0.4 is 6.15 Å². The van der Waals surface area contributed by atoms with Crippen LogP contribution in [0.1, 0.15) is 63.0 Å². The Morgan fingerprint density at radius 3 is 2.18 bits per heavy atom. The zero-order valence-corrected chi connectivity index (χ0v) is 15.0. The van der Waals surface area contributed by atoms with E-state index in [1.165, 1.54) is 25.7 Å². The monoisotopic (exact) mass is 329 g/mol. The number of aryl methyl sites for hydroxylation is 1. The van der Waals surface area contributed by atoms with Crippen LogP contribution in [0, 0.1) is 13.8 Å². The van der Waals surface area contributed by atoms with Crippen molar-refractivity contribution in [3.05, 3.63) is 29.3 Å². The van der Waals surface area contributed by atoms with Crippen molar-refractivity contribution < 1.29 is 12.6 Å². The van der Waals surface area contributed by atoms with Crippen LogP contribution in [0.4, 0.5) is 0 Å². The summed E-state index contributed by atoms with van der Waals surface area (Å²) in [6.07, 6.45) is 8.04. The molecule has 0 aromatic heterocycles. The molecule has 0 amide bonds. The van der Waals surface area contributed by atoms with E-state index in [1.807, 2.05) is 19.9 Å². The van der Waals surface area contributed by atoms with E-state index < -0.39 is 10.1 Å². The van der Waals surface area contributed by atoms with E-state index in [9.17, 15) is 8.42 Å². The molecule has 128 valence electrons. The Morgan fingerprint density at radius 1 is 0.955 bits per heavy atom. The van der Waals surface area contributed by atoms with Crippen molar-refractivity contribution in [2.24, 2.45) is 0 Å². The van der Waals surface area contributed by atoms with Gasteiger partial charge in [0.2, 0.25) is 0 Å². The predicted octanol–water partition coefficient (Wildman–Crippen LogP) is 4.92. The fourth-order valence-corrected chi connectivity index (χ4v) is 3.53. The van der Waals surface area contributed by atoms with E-state index >= 15 is 0 Å². The summed E-state index contributed by atoms with van der Waals surface area (Å²) >= 11 is 0. The second-order valence-corrected chi connectivity index (χ2v) is 7.18. The summed E-state index contributed by atoms with van der Waals surface area (Å²) in [4.78, 5) is 0.297. The van der Waals surface area contributed by atoms with E-state index in [0.717, 1.165) is 30.4 Å². The topological polar surface area (TPSA) is 78.4 Å². The minimum atomic E-state index is -3.61. The number of benzene rings is 1. The number of hydrogen-bond donors (Lipinski definition) is 1. The lowest BCUT2D eigenvalue weighted by Gasteiger charge is -2.10. The van der Waals surface area contributed by atoms with Gasteiger partial charge in [-0.3, -0.25) is 4.18 Å². The third-order valence-corrected chi connectivity index (χ3v) is 5.27. The van der Waals surface area contributed by atoms with Gasteiger partial charge in [-0.2, -0.15) is 8.42 Å². The van der Waals surface area contributed by atoms with E-state index in [2.05, 4.69) is 6.92 Å². The van der Waals surface area contributed by atoms with Crippen LogP contribution >= 0.6 is 0 Å². The Bertz CT molecular complexity index is 527. The van der Waals surface area contributed by atoms with Crippen molar-refractivity contribution in [1.29, 1.82) is 0 Å². The summed E-state index contributed by atoms with van der Waals surface area (Å²) in [5.41, 5.74) is 1.74. The third-order valence-electron chi connectivity index (χ3n) is 3.81. The molecule has 0 unspecified atom stereocenters. The largest absolute Gasteiger partial charge is 0.344 e. The van der Waals surface area contributed by atoms with Crippen molar-refractivity contribution in [2.45, 2.75) is 70.6 Å². The number of hydrogen-bond acceptors (Lipinski definition) is 4. The molecule has 22 heavy (non-hydrogen) atoms. The first-order valence-electron chi connectivity index (χ1n) is 7.94. The summed E-state index contributed by atoms with van der Waals surface area (Å²) in [7, 11) is -3.61. The number of rotatable bonds is 10. The molecule has 0 fully saturated rings. The highest BCUT2D eigenvalue weighted by Crippen LogP contribution is 2.20. The van der Waals surface area contributed by atoms with Gasteiger partial charge < -0.3 is 6.15 Å². The summed E-state index contributed by atoms with van der Waals surface area (Å²) in [6.45, 7) is 6.21. The second kappa shape index (κ2) is 10.8. The minimum Gasteiger partial charge on any atom is -0.344 e. The highest BCUT2D eigenvalue weighted by molar-refractivity contribution is 7.86. The molecule has 0 aliphatic rings. The van der Waals surface area contributed by atoms with Crippen molar-refractivity contribution in [2.75, 3.05) is 6.61 Å². The van der Waals surface area contributed by atoms with E-state index in [-0.39, 0.29) is 12.8 Å². The van der Waals surface area contributed by atoms with Crippen LogP contribution in [-0.4, -0.2) is 15.0 Å². The van der Waals surface area contributed by atoms with Gasteiger partial charge in [-0.1, -0.05) is 57.6 Å². The zero-order valence-electron chi connectivity index (χ0n) is 14.2. The summed E-state index contributed by atoms with van der Waals surface area (Å²) in [5, 5.41) is 0. The molecular weight excluding hydrogens is 298 g/mol. The third kappa shape index (κ3) is 6.90. The second-order valence-electron chi connectivity index (χ2n) is 5.60. The Hall–Kier alpha value is -0.910. The molecule has 0 radical (unpaired) electrons. The maximum Gasteiger partial charge on any atom is 0.297 e. The van der Waals surface area contributed by atoms with Crippen LogP contribution in [0.3, 0.4) is 0 Å². The zero-order chi connectivity index (χ0) is 15.7. The fourth-order valence-electron chi connectivity index (χ4n) is 2.29. The molecule has 0 saturated carbocycles. The summed E-state index contributed by atoms with van der Waals surface area (Å²) in [6, 6.07) is 5.28. The molecule has 0 heterocycles. The highest BCUT2D eigenvalue weighted by atomic mass is 32.2. The van der Waals surface area contributed by atoms with E-state index in [4.69, 9.17) is 4.18 Å². The summed E-state index contributed by atoms with van der Waals surface area (Å²) in [5.74, 6) is 0. The van der Waals surface area contributed by atoms with Crippen molar-refractivity contribution in [3.63, 3.8) is 0 Å². The molecule has 0 saturated heterocycles. The SMILES string of the molecule is CCCCCCCCCOS(=O)(=O)c1cccc(C)c1C.N. The lowest BCUT2D eigenvalue weighted by molar-refractivity contribution is 0.306. The number of unbranched alkanes of at least 4 members (excludes halogenated alkanes) is 6. The van der Waals surface area contributed by atoms with Gasteiger partial charge in [-0.05, 0) is 37.5 Å². The lowest BCUT2D eigenvalue weighted by atomic mass is 10.1. The molecule has 5 heteroatoms. The first-order valence-corrected chi connectivity index (χ1v) is 9.35. The fraction of sp³-hybridized carbons (Fsp3) is 0.647. The average molecular weight is 330 g/mol. The molecule has 1 aromatic carbocycles.